The maximum Gasteiger partial charge on any atom is 0.257 e. The zero-order valence-corrected chi connectivity index (χ0v) is 21.8. The van der Waals surface area contributed by atoms with E-state index in [2.05, 4.69) is 5.32 Å². The number of aliphatic hydroxyl groups is 2. The number of nitrogens with zero attached hydrogens (tertiary/aromatic N) is 3. The molecule has 0 aliphatic carbocycles. The van der Waals surface area contributed by atoms with Gasteiger partial charge in [0.2, 0.25) is 0 Å². The van der Waals surface area contributed by atoms with Crippen molar-refractivity contribution in [2.45, 2.75) is 84.8 Å². The highest BCUT2D eigenvalue weighted by atomic mass is 16.5. The van der Waals surface area contributed by atoms with Crippen LogP contribution in [0.2, 0.25) is 0 Å². The SMILES string of the molecule is CCOCc1nc2c(NC(=O)C(C)(C)OCCC(C)(C)O)nc3ccccc3c2n1CC(C)(C)O. The molecule has 0 aliphatic heterocycles. The fourth-order valence-corrected chi connectivity index (χ4v) is 3.71. The third kappa shape index (κ3) is 6.76. The van der Waals surface area contributed by atoms with Gasteiger partial charge >= 0.3 is 0 Å². The van der Waals surface area contributed by atoms with Crippen LogP contribution in [0.1, 0.15) is 60.7 Å². The molecule has 0 aliphatic rings. The molecule has 0 unspecified atom stereocenters. The van der Waals surface area contributed by atoms with Crippen LogP contribution in [0.3, 0.4) is 0 Å². The number of carbonyl (C=O) groups excluding carboxylic acids is 1. The standard InChI is InChI=1S/C26H38N4O5/c1-8-34-15-19-28-20-21(30(19)16-25(4,5)33)17-11-9-10-12-18(17)27-22(20)29-23(31)26(6,7)35-14-13-24(2,3)32/h9-12,32-33H,8,13-16H2,1-7H3,(H,27,29,31). The van der Waals surface area contributed by atoms with Crippen molar-refractivity contribution in [1.82, 2.24) is 14.5 Å². The molecule has 0 atom stereocenters. The van der Waals surface area contributed by atoms with Crippen LogP contribution in [0.4, 0.5) is 5.82 Å². The number of nitrogens with one attached hydrogen (secondary N) is 1. The average molecular weight is 487 g/mol. The number of hydrogen-bond donors (Lipinski definition) is 3. The zero-order chi connectivity index (χ0) is 26.0. The van der Waals surface area contributed by atoms with Gasteiger partial charge in [-0.1, -0.05) is 18.2 Å². The fourth-order valence-electron chi connectivity index (χ4n) is 3.71. The summed E-state index contributed by atoms with van der Waals surface area (Å²) in [5.41, 5.74) is -1.07. The lowest BCUT2D eigenvalue weighted by Gasteiger charge is -2.26. The maximum absolute atomic E-state index is 13.2. The highest BCUT2D eigenvalue weighted by Gasteiger charge is 2.31. The minimum absolute atomic E-state index is 0.225. The smallest absolute Gasteiger partial charge is 0.257 e. The molecule has 3 N–H and O–H groups in total. The average Bonchev–Trinajstić information content (AvgIpc) is 3.08. The van der Waals surface area contributed by atoms with E-state index in [1.807, 2.05) is 35.8 Å². The number of benzene rings is 1. The summed E-state index contributed by atoms with van der Waals surface area (Å²) in [7, 11) is 0. The Kier molecular flexibility index (Phi) is 7.86. The second-order valence-electron chi connectivity index (χ2n) is 10.6. The normalized spacial score (nSPS) is 13.1. The van der Waals surface area contributed by atoms with Crippen molar-refractivity contribution in [3.05, 3.63) is 30.1 Å². The Morgan fingerprint density at radius 2 is 1.74 bits per heavy atom. The van der Waals surface area contributed by atoms with E-state index in [-0.39, 0.29) is 19.1 Å². The lowest BCUT2D eigenvalue weighted by Crippen LogP contribution is -2.41. The Morgan fingerprint density at radius 1 is 1.06 bits per heavy atom. The van der Waals surface area contributed by atoms with Crippen LogP contribution in [0, 0.1) is 0 Å². The van der Waals surface area contributed by atoms with Crippen LogP contribution in [0.15, 0.2) is 24.3 Å². The van der Waals surface area contributed by atoms with Crippen molar-refractivity contribution in [2.75, 3.05) is 18.5 Å². The van der Waals surface area contributed by atoms with Gasteiger partial charge in [0, 0.05) is 12.0 Å². The Balaban J connectivity index is 2.07. The number of ether oxygens (including phenoxy) is 2. The third-order valence-corrected chi connectivity index (χ3v) is 5.60. The summed E-state index contributed by atoms with van der Waals surface area (Å²) in [4.78, 5) is 22.7. The number of anilines is 1. The van der Waals surface area contributed by atoms with Crippen LogP contribution in [0.25, 0.3) is 21.9 Å². The molecule has 2 aromatic heterocycles. The number of amides is 1. The van der Waals surface area contributed by atoms with Gasteiger partial charge in [0.05, 0.1) is 35.4 Å². The molecule has 192 valence electrons. The van der Waals surface area contributed by atoms with Crippen molar-refractivity contribution >= 4 is 33.7 Å². The van der Waals surface area contributed by atoms with Gasteiger partial charge in [-0.3, -0.25) is 4.79 Å². The van der Waals surface area contributed by atoms with Gasteiger partial charge in [-0.15, -0.1) is 0 Å². The van der Waals surface area contributed by atoms with E-state index in [0.717, 1.165) is 10.9 Å². The molecule has 3 rings (SSSR count). The number of pyridine rings is 1. The first-order valence-corrected chi connectivity index (χ1v) is 12.0. The van der Waals surface area contributed by atoms with Crippen LogP contribution < -0.4 is 5.32 Å². The van der Waals surface area contributed by atoms with Crippen molar-refractivity contribution in [1.29, 1.82) is 0 Å². The van der Waals surface area contributed by atoms with Gasteiger partial charge in [-0.05, 0) is 61.0 Å². The van der Waals surface area contributed by atoms with E-state index < -0.39 is 16.8 Å². The van der Waals surface area contributed by atoms with Gasteiger partial charge in [0.15, 0.2) is 5.82 Å². The molecule has 35 heavy (non-hydrogen) atoms. The summed E-state index contributed by atoms with van der Waals surface area (Å²) in [5, 5.41) is 24.3. The summed E-state index contributed by atoms with van der Waals surface area (Å²) in [6.45, 7) is 13.4. The van der Waals surface area contributed by atoms with Crippen molar-refractivity contribution in [3.8, 4) is 0 Å². The molecule has 9 heteroatoms. The first kappa shape index (κ1) is 27.0. The zero-order valence-electron chi connectivity index (χ0n) is 21.8. The summed E-state index contributed by atoms with van der Waals surface area (Å²) in [6.07, 6.45) is 0.393. The summed E-state index contributed by atoms with van der Waals surface area (Å²) >= 11 is 0. The minimum Gasteiger partial charge on any atom is -0.390 e. The highest BCUT2D eigenvalue weighted by Crippen LogP contribution is 2.32. The minimum atomic E-state index is -1.16. The molecule has 0 saturated carbocycles. The van der Waals surface area contributed by atoms with E-state index in [1.165, 1.54) is 0 Å². The fraction of sp³-hybridized carbons (Fsp3) is 0.577. The van der Waals surface area contributed by atoms with E-state index in [9.17, 15) is 15.0 Å². The number of carbonyl (C=O) groups is 1. The maximum atomic E-state index is 13.2. The van der Waals surface area contributed by atoms with Gasteiger partial charge in [0.1, 0.15) is 23.5 Å². The van der Waals surface area contributed by atoms with E-state index in [4.69, 9.17) is 19.4 Å². The number of rotatable bonds is 11. The number of hydrogen-bond acceptors (Lipinski definition) is 7. The first-order chi connectivity index (χ1) is 16.2. The molecular weight excluding hydrogens is 448 g/mol. The van der Waals surface area contributed by atoms with Crippen LogP contribution in [-0.4, -0.2) is 60.7 Å². The predicted octanol–water partition coefficient (Wildman–Crippen LogP) is 3.79. The quantitative estimate of drug-likeness (QED) is 0.377. The summed E-state index contributed by atoms with van der Waals surface area (Å²) < 4.78 is 13.4. The second kappa shape index (κ2) is 10.2. The third-order valence-electron chi connectivity index (χ3n) is 5.60. The molecular formula is C26H38N4O5. The molecule has 0 spiro atoms. The number of fused-ring (bicyclic) bond motifs is 3. The molecule has 1 aromatic carbocycles. The van der Waals surface area contributed by atoms with Crippen LogP contribution in [-0.2, 0) is 27.4 Å². The number of para-hydroxylation sites is 1. The largest absolute Gasteiger partial charge is 0.390 e. The number of imidazole rings is 1. The molecule has 3 aromatic rings. The molecule has 0 fully saturated rings. The Morgan fingerprint density at radius 3 is 2.37 bits per heavy atom. The molecule has 0 radical (unpaired) electrons. The molecule has 0 saturated heterocycles. The molecule has 9 nitrogen and oxygen atoms in total. The van der Waals surface area contributed by atoms with Crippen LogP contribution >= 0.6 is 0 Å². The lowest BCUT2D eigenvalue weighted by atomic mass is 10.1. The Labute approximate surface area is 206 Å². The van der Waals surface area contributed by atoms with E-state index in [0.29, 0.717) is 42.2 Å². The van der Waals surface area contributed by atoms with Gasteiger partial charge in [-0.2, -0.15) is 0 Å². The predicted molar refractivity (Wildman–Crippen MR) is 136 cm³/mol. The van der Waals surface area contributed by atoms with Crippen molar-refractivity contribution < 1.29 is 24.5 Å². The van der Waals surface area contributed by atoms with Crippen molar-refractivity contribution in [2.24, 2.45) is 0 Å². The topological polar surface area (TPSA) is 119 Å². The summed E-state index contributed by atoms with van der Waals surface area (Å²) in [5.74, 6) is 0.578. The molecule has 1 amide bonds. The van der Waals surface area contributed by atoms with Gasteiger partial charge in [0.25, 0.3) is 5.91 Å². The molecule has 0 bridgehead atoms. The highest BCUT2D eigenvalue weighted by molar-refractivity contribution is 6.10. The molecule has 2 heterocycles. The van der Waals surface area contributed by atoms with Crippen molar-refractivity contribution in [3.63, 3.8) is 0 Å². The Bertz CT molecular complexity index is 1190. The van der Waals surface area contributed by atoms with Gasteiger partial charge in [-0.25, -0.2) is 9.97 Å². The Hall–Kier alpha value is -2.59. The monoisotopic (exact) mass is 486 g/mol. The number of aromatic nitrogens is 3. The summed E-state index contributed by atoms with van der Waals surface area (Å²) in [6, 6.07) is 7.63. The van der Waals surface area contributed by atoms with E-state index in [1.54, 1.807) is 41.5 Å². The van der Waals surface area contributed by atoms with E-state index >= 15 is 0 Å². The lowest BCUT2D eigenvalue weighted by molar-refractivity contribution is -0.138. The van der Waals surface area contributed by atoms with Crippen LogP contribution in [0.5, 0.6) is 0 Å². The first-order valence-electron chi connectivity index (χ1n) is 12.0. The second-order valence-corrected chi connectivity index (χ2v) is 10.6. The van der Waals surface area contributed by atoms with Gasteiger partial charge < -0.3 is 29.6 Å².